The number of carbonyl (C=O) groups is 2. The first-order valence-corrected chi connectivity index (χ1v) is 6.05. The van der Waals surface area contributed by atoms with E-state index >= 15 is 0 Å². The Balaban J connectivity index is 4.81. The summed E-state index contributed by atoms with van der Waals surface area (Å²) < 4.78 is 0. The minimum absolute atomic E-state index is 0.221. The zero-order valence-electron chi connectivity index (χ0n) is 11.5. The number of likely N-dealkylation sites (N-methyl/N-ethyl adjacent to an activating group) is 1. The molecule has 0 unspecified atom stereocenters. The fraction of sp³-hybridized carbons (Fsp3) is 0.833. The van der Waals surface area contributed by atoms with E-state index in [9.17, 15) is 9.59 Å². The van der Waals surface area contributed by atoms with Gasteiger partial charge in [0.2, 0.25) is 0 Å². The number of carbonyl (C=O) groups excluding carboxylic acids is 1. The molecule has 2 amide bonds. The van der Waals surface area contributed by atoms with E-state index in [2.05, 4.69) is 0 Å². The van der Waals surface area contributed by atoms with Gasteiger partial charge in [-0.25, -0.2) is 9.59 Å². The molecule has 1 N–H and O–H groups in total. The lowest BCUT2D eigenvalue weighted by molar-refractivity contribution is -0.147. The van der Waals surface area contributed by atoms with Crippen LogP contribution in [0.15, 0.2) is 0 Å². The van der Waals surface area contributed by atoms with Gasteiger partial charge < -0.3 is 14.9 Å². The molecular formula is C12H24N2O3. The molecule has 0 aliphatic heterocycles. The largest absolute Gasteiger partial charge is 0.480 e. The molecule has 0 heterocycles. The van der Waals surface area contributed by atoms with Crippen LogP contribution in [0.4, 0.5) is 4.79 Å². The van der Waals surface area contributed by atoms with Gasteiger partial charge in [0.25, 0.3) is 0 Å². The summed E-state index contributed by atoms with van der Waals surface area (Å²) in [7, 11) is 1.54. The average Bonchev–Trinajstić information content (AvgIpc) is 2.26. The van der Waals surface area contributed by atoms with Crippen LogP contribution in [-0.2, 0) is 4.79 Å². The van der Waals surface area contributed by atoms with Gasteiger partial charge in [-0.05, 0) is 26.7 Å². The van der Waals surface area contributed by atoms with E-state index in [4.69, 9.17) is 5.11 Å². The molecule has 0 radical (unpaired) electrons. The van der Waals surface area contributed by atoms with Crippen LogP contribution in [-0.4, -0.2) is 52.6 Å². The number of amides is 2. The number of hydrogen-bond acceptors (Lipinski definition) is 2. The van der Waals surface area contributed by atoms with E-state index in [0.29, 0.717) is 13.1 Å². The van der Waals surface area contributed by atoms with Crippen molar-refractivity contribution in [2.75, 3.05) is 20.1 Å². The van der Waals surface area contributed by atoms with E-state index < -0.39 is 11.5 Å². The molecule has 0 aliphatic carbocycles. The molecular weight excluding hydrogens is 220 g/mol. The maximum atomic E-state index is 12.2. The van der Waals surface area contributed by atoms with Gasteiger partial charge >= 0.3 is 12.0 Å². The van der Waals surface area contributed by atoms with Gasteiger partial charge in [0, 0.05) is 20.1 Å². The zero-order valence-corrected chi connectivity index (χ0v) is 11.5. The monoisotopic (exact) mass is 244 g/mol. The molecule has 5 nitrogen and oxygen atoms in total. The van der Waals surface area contributed by atoms with E-state index in [1.54, 1.807) is 4.90 Å². The second kappa shape index (κ2) is 6.47. The first kappa shape index (κ1) is 15.7. The average molecular weight is 244 g/mol. The van der Waals surface area contributed by atoms with Gasteiger partial charge in [-0.3, -0.25) is 0 Å². The Morgan fingerprint density at radius 1 is 1.12 bits per heavy atom. The Bertz CT molecular complexity index is 271. The van der Waals surface area contributed by atoms with Gasteiger partial charge in [0.1, 0.15) is 5.54 Å². The first-order chi connectivity index (χ1) is 7.78. The summed E-state index contributed by atoms with van der Waals surface area (Å²) >= 11 is 0. The Kier molecular flexibility index (Phi) is 5.99. The van der Waals surface area contributed by atoms with E-state index in [0.717, 1.165) is 12.8 Å². The summed E-state index contributed by atoms with van der Waals surface area (Å²) in [6.45, 7) is 8.38. The van der Waals surface area contributed by atoms with Gasteiger partial charge in [-0.15, -0.1) is 0 Å². The molecule has 0 saturated heterocycles. The van der Waals surface area contributed by atoms with Crippen LogP contribution in [0.2, 0.25) is 0 Å². The predicted molar refractivity (Wildman–Crippen MR) is 67.0 cm³/mol. The van der Waals surface area contributed by atoms with Crippen LogP contribution in [0.5, 0.6) is 0 Å². The first-order valence-electron chi connectivity index (χ1n) is 6.05. The minimum atomic E-state index is -1.18. The number of nitrogens with zero attached hydrogens (tertiary/aromatic N) is 2. The van der Waals surface area contributed by atoms with Gasteiger partial charge in [0.05, 0.1) is 0 Å². The summed E-state index contributed by atoms with van der Waals surface area (Å²) in [5.74, 6) is -0.999. The fourth-order valence-corrected chi connectivity index (χ4v) is 1.44. The smallest absolute Gasteiger partial charge is 0.329 e. The molecule has 100 valence electrons. The minimum Gasteiger partial charge on any atom is -0.480 e. The van der Waals surface area contributed by atoms with Crippen molar-refractivity contribution in [3.63, 3.8) is 0 Å². The molecule has 17 heavy (non-hydrogen) atoms. The van der Waals surface area contributed by atoms with Crippen LogP contribution in [0, 0.1) is 0 Å². The maximum Gasteiger partial charge on any atom is 0.329 e. The molecule has 0 saturated carbocycles. The summed E-state index contributed by atoms with van der Waals surface area (Å²) in [6.07, 6.45) is 1.74. The lowest BCUT2D eigenvalue weighted by atomic mass is 10.0. The Hall–Kier alpha value is -1.26. The molecule has 0 aromatic heterocycles. The molecule has 0 aromatic rings. The summed E-state index contributed by atoms with van der Waals surface area (Å²) in [6, 6.07) is -0.221. The van der Waals surface area contributed by atoms with Crippen LogP contribution in [0.1, 0.15) is 40.5 Å². The second-order valence-electron chi connectivity index (χ2n) is 4.69. The van der Waals surface area contributed by atoms with Gasteiger partial charge in [0.15, 0.2) is 0 Å². The highest BCUT2D eigenvalue weighted by Gasteiger charge is 2.36. The standard InChI is InChI=1S/C12H24N2O3/c1-6-8-14(9-7-2)11(17)13(5)12(3,4)10(15)16/h6-9H2,1-5H3,(H,15,16). The molecule has 5 heteroatoms. The lowest BCUT2D eigenvalue weighted by Crippen LogP contribution is -2.55. The van der Waals surface area contributed by atoms with Crippen molar-refractivity contribution >= 4 is 12.0 Å². The molecule has 0 fully saturated rings. The third-order valence-corrected chi connectivity index (χ3v) is 2.91. The quantitative estimate of drug-likeness (QED) is 0.777. The van der Waals surface area contributed by atoms with Crippen LogP contribution in [0.3, 0.4) is 0 Å². The molecule has 0 bridgehead atoms. The highest BCUT2D eigenvalue weighted by molar-refractivity contribution is 5.85. The Morgan fingerprint density at radius 2 is 1.53 bits per heavy atom. The van der Waals surface area contributed by atoms with Crippen molar-refractivity contribution in [3.8, 4) is 0 Å². The number of urea groups is 1. The highest BCUT2D eigenvalue weighted by Crippen LogP contribution is 2.15. The van der Waals surface area contributed by atoms with Crippen molar-refractivity contribution in [3.05, 3.63) is 0 Å². The second-order valence-corrected chi connectivity index (χ2v) is 4.69. The topological polar surface area (TPSA) is 60.9 Å². The predicted octanol–water partition coefficient (Wildman–Crippen LogP) is 2.02. The van der Waals surface area contributed by atoms with Gasteiger partial charge in [-0.1, -0.05) is 13.8 Å². The Morgan fingerprint density at radius 3 is 1.82 bits per heavy atom. The van der Waals surface area contributed by atoms with E-state index in [1.165, 1.54) is 25.8 Å². The van der Waals surface area contributed by atoms with E-state index in [-0.39, 0.29) is 6.03 Å². The number of carboxylic acids is 1. The van der Waals surface area contributed by atoms with Gasteiger partial charge in [-0.2, -0.15) is 0 Å². The van der Waals surface area contributed by atoms with Crippen LogP contribution < -0.4 is 0 Å². The lowest BCUT2D eigenvalue weighted by Gasteiger charge is -2.36. The number of aliphatic carboxylic acids is 1. The fourth-order valence-electron chi connectivity index (χ4n) is 1.44. The number of rotatable bonds is 6. The molecule has 0 aromatic carbocycles. The molecule has 0 aliphatic rings. The Labute approximate surface area is 103 Å². The molecule has 0 rings (SSSR count). The van der Waals surface area contributed by atoms with E-state index in [1.807, 2.05) is 13.8 Å². The van der Waals surface area contributed by atoms with Crippen molar-refractivity contribution in [1.29, 1.82) is 0 Å². The van der Waals surface area contributed by atoms with Crippen molar-refractivity contribution in [2.45, 2.75) is 46.1 Å². The normalized spacial score (nSPS) is 11.1. The summed E-state index contributed by atoms with van der Waals surface area (Å²) in [5, 5.41) is 9.09. The zero-order chi connectivity index (χ0) is 13.6. The summed E-state index contributed by atoms with van der Waals surface area (Å²) in [5.41, 5.74) is -1.18. The van der Waals surface area contributed by atoms with Crippen LogP contribution >= 0.6 is 0 Å². The molecule has 0 atom stereocenters. The molecule has 0 spiro atoms. The third-order valence-electron chi connectivity index (χ3n) is 2.91. The van der Waals surface area contributed by atoms with Crippen LogP contribution in [0.25, 0.3) is 0 Å². The highest BCUT2D eigenvalue weighted by atomic mass is 16.4. The number of hydrogen-bond donors (Lipinski definition) is 1. The third kappa shape index (κ3) is 3.91. The number of carboxylic acid groups (broad SMARTS) is 1. The van der Waals surface area contributed by atoms with Crippen molar-refractivity contribution < 1.29 is 14.7 Å². The SMILES string of the molecule is CCCN(CCC)C(=O)N(C)C(C)(C)C(=O)O. The van der Waals surface area contributed by atoms with Crippen molar-refractivity contribution in [2.24, 2.45) is 0 Å². The maximum absolute atomic E-state index is 12.2. The summed E-state index contributed by atoms with van der Waals surface area (Å²) in [4.78, 5) is 26.2. The van der Waals surface area contributed by atoms with Crippen molar-refractivity contribution in [1.82, 2.24) is 9.80 Å².